The van der Waals surface area contributed by atoms with Gasteiger partial charge in [0, 0.05) is 17.4 Å². The summed E-state index contributed by atoms with van der Waals surface area (Å²) in [7, 11) is 0. The molecule has 0 spiro atoms. The van der Waals surface area contributed by atoms with E-state index < -0.39 is 4.33 Å². The third kappa shape index (κ3) is 3.07. The topological polar surface area (TPSA) is 12.9 Å². The Bertz CT molecular complexity index is 545. The highest BCUT2D eigenvalue weighted by Gasteiger charge is 2.56. The largest absolute Gasteiger partial charge is 0.250 e. The van der Waals surface area contributed by atoms with Gasteiger partial charge in [-0.1, -0.05) is 48.2 Å². The monoisotopic (exact) mass is 309 g/mol. The van der Waals surface area contributed by atoms with Gasteiger partial charge in [0.15, 0.2) is 0 Å². The molecule has 1 fully saturated rings. The second-order valence-corrected chi connectivity index (χ2v) is 7.39. The van der Waals surface area contributed by atoms with Crippen LogP contribution in [0.4, 0.5) is 0 Å². The minimum Gasteiger partial charge on any atom is -0.250 e. The van der Waals surface area contributed by atoms with Crippen molar-refractivity contribution in [2.45, 2.75) is 21.0 Å². The fourth-order valence-corrected chi connectivity index (χ4v) is 4.19. The fraction of sp³-hybridized carbons (Fsp3) is 0.267. The second-order valence-electron chi connectivity index (χ2n) is 4.69. The third-order valence-corrected chi connectivity index (χ3v) is 5.46. The summed E-state index contributed by atoms with van der Waals surface area (Å²) in [6.07, 6.45) is 2.65. The van der Waals surface area contributed by atoms with Crippen LogP contribution < -0.4 is 0 Å². The first-order valence-electron chi connectivity index (χ1n) is 6.17. The Morgan fingerprint density at radius 2 is 1.79 bits per heavy atom. The van der Waals surface area contributed by atoms with Crippen molar-refractivity contribution in [2.75, 3.05) is 0 Å². The van der Waals surface area contributed by atoms with Crippen LogP contribution in [0.2, 0.25) is 0 Å². The van der Waals surface area contributed by atoms with E-state index in [0.29, 0.717) is 0 Å². The number of benzene rings is 1. The van der Waals surface area contributed by atoms with Gasteiger partial charge < -0.3 is 0 Å². The molecule has 1 aliphatic carbocycles. The lowest BCUT2D eigenvalue weighted by molar-refractivity contribution is 0.794. The summed E-state index contributed by atoms with van der Waals surface area (Å²) in [6, 6.07) is 16.3. The summed E-state index contributed by atoms with van der Waals surface area (Å²) in [6.45, 7) is 0. The number of pyridine rings is 1. The van der Waals surface area contributed by atoms with Gasteiger partial charge in [0.2, 0.25) is 0 Å². The predicted molar refractivity (Wildman–Crippen MR) is 81.8 cm³/mol. The molecule has 19 heavy (non-hydrogen) atoms. The number of aromatic nitrogens is 1. The first-order valence-corrected chi connectivity index (χ1v) is 7.81. The second kappa shape index (κ2) is 5.35. The minimum absolute atomic E-state index is 0.256. The van der Waals surface area contributed by atoms with E-state index in [0.717, 1.165) is 11.4 Å². The lowest BCUT2D eigenvalue weighted by atomic mass is 10.1. The molecule has 2 atom stereocenters. The number of hydrogen-bond donors (Lipinski definition) is 0. The molecule has 0 N–H and O–H groups in total. The average Bonchev–Trinajstić information content (AvgIpc) is 3.07. The standard InChI is InChI=1S/C15H13Cl2NS/c16-15(17)10-12(15)14(11-6-2-1-3-7-11)19-13-8-4-5-9-18-13/h1-9,12,14H,10H2. The Kier molecular flexibility index (Phi) is 3.75. The summed E-state index contributed by atoms with van der Waals surface area (Å²) in [5, 5.41) is 1.26. The third-order valence-electron chi connectivity index (χ3n) is 3.25. The smallest absolute Gasteiger partial charge is 0.123 e. The summed E-state index contributed by atoms with van der Waals surface area (Å²) in [5.74, 6) is 0.283. The highest BCUT2D eigenvalue weighted by atomic mass is 35.5. The van der Waals surface area contributed by atoms with Crippen LogP contribution in [-0.2, 0) is 0 Å². The number of halogens is 2. The van der Waals surface area contributed by atoms with Gasteiger partial charge in [-0.25, -0.2) is 4.98 Å². The van der Waals surface area contributed by atoms with Crippen molar-refractivity contribution in [3.05, 3.63) is 60.3 Å². The van der Waals surface area contributed by atoms with Crippen molar-refractivity contribution in [3.63, 3.8) is 0 Å². The van der Waals surface area contributed by atoms with Crippen LogP contribution in [0, 0.1) is 5.92 Å². The van der Waals surface area contributed by atoms with Crippen LogP contribution in [0.3, 0.4) is 0 Å². The Hall–Kier alpha value is -0.700. The normalized spacial score (nSPS) is 21.9. The van der Waals surface area contributed by atoms with Gasteiger partial charge in [-0.2, -0.15) is 0 Å². The molecule has 2 aromatic rings. The molecular formula is C15H13Cl2NS. The molecule has 0 aliphatic heterocycles. The Balaban J connectivity index is 1.86. The van der Waals surface area contributed by atoms with Gasteiger partial charge in [0.25, 0.3) is 0 Å². The van der Waals surface area contributed by atoms with Crippen LogP contribution in [-0.4, -0.2) is 9.32 Å². The van der Waals surface area contributed by atoms with E-state index >= 15 is 0 Å². The number of thioether (sulfide) groups is 1. The maximum atomic E-state index is 6.25. The Morgan fingerprint density at radius 3 is 2.37 bits per heavy atom. The molecule has 0 bridgehead atoms. The molecule has 0 amide bonds. The lowest BCUT2D eigenvalue weighted by Gasteiger charge is -2.17. The maximum Gasteiger partial charge on any atom is 0.123 e. The zero-order chi connectivity index (χ0) is 13.3. The van der Waals surface area contributed by atoms with E-state index in [1.807, 2.05) is 42.6 Å². The maximum absolute atomic E-state index is 6.25. The van der Waals surface area contributed by atoms with Crippen molar-refractivity contribution in [2.24, 2.45) is 5.92 Å². The van der Waals surface area contributed by atoms with E-state index in [1.165, 1.54) is 5.56 Å². The van der Waals surface area contributed by atoms with Crippen molar-refractivity contribution in [1.82, 2.24) is 4.98 Å². The van der Waals surface area contributed by atoms with E-state index in [2.05, 4.69) is 17.1 Å². The molecule has 3 rings (SSSR count). The van der Waals surface area contributed by atoms with E-state index in [-0.39, 0.29) is 11.2 Å². The van der Waals surface area contributed by atoms with Crippen LogP contribution in [0.5, 0.6) is 0 Å². The summed E-state index contributed by atoms with van der Waals surface area (Å²) in [5.41, 5.74) is 1.26. The molecule has 1 saturated carbocycles. The van der Waals surface area contributed by atoms with Crippen LogP contribution in [0.15, 0.2) is 59.8 Å². The first kappa shape index (κ1) is 13.3. The molecule has 1 aromatic heterocycles. The van der Waals surface area contributed by atoms with Crippen LogP contribution >= 0.6 is 35.0 Å². The van der Waals surface area contributed by atoms with Crippen molar-refractivity contribution < 1.29 is 0 Å². The number of nitrogens with zero attached hydrogens (tertiary/aromatic N) is 1. The number of hydrogen-bond acceptors (Lipinski definition) is 2. The Morgan fingerprint density at radius 1 is 1.11 bits per heavy atom. The van der Waals surface area contributed by atoms with Crippen molar-refractivity contribution in [3.8, 4) is 0 Å². The zero-order valence-electron chi connectivity index (χ0n) is 10.2. The van der Waals surface area contributed by atoms with Gasteiger partial charge in [-0.05, 0) is 24.1 Å². The Labute approximate surface area is 127 Å². The number of rotatable bonds is 4. The molecule has 98 valence electrons. The molecule has 1 nitrogen and oxygen atoms in total. The van der Waals surface area contributed by atoms with Gasteiger partial charge >= 0.3 is 0 Å². The highest BCUT2D eigenvalue weighted by Crippen LogP contribution is 2.63. The number of alkyl halides is 2. The van der Waals surface area contributed by atoms with E-state index in [4.69, 9.17) is 23.2 Å². The van der Waals surface area contributed by atoms with Gasteiger partial charge in [-0.3, -0.25) is 0 Å². The fourth-order valence-electron chi connectivity index (χ4n) is 2.13. The molecule has 0 radical (unpaired) electrons. The van der Waals surface area contributed by atoms with Gasteiger partial charge in [0.05, 0.1) is 5.03 Å². The zero-order valence-corrected chi connectivity index (χ0v) is 12.5. The summed E-state index contributed by atoms with van der Waals surface area (Å²) < 4.78 is -0.581. The average molecular weight is 310 g/mol. The van der Waals surface area contributed by atoms with E-state index in [9.17, 15) is 0 Å². The molecule has 0 saturated heterocycles. The summed E-state index contributed by atoms with van der Waals surface area (Å²) >= 11 is 14.2. The molecule has 2 unspecified atom stereocenters. The summed E-state index contributed by atoms with van der Waals surface area (Å²) in [4.78, 5) is 4.38. The van der Waals surface area contributed by atoms with Crippen LogP contribution in [0.25, 0.3) is 0 Å². The van der Waals surface area contributed by atoms with Gasteiger partial charge in [-0.15, -0.1) is 23.2 Å². The first-order chi connectivity index (χ1) is 9.17. The minimum atomic E-state index is -0.581. The predicted octanol–water partition coefficient (Wildman–Crippen LogP) is 5.11. The molecule has 1 heterocycles. The molecule has 1 aliphatic rings. The van der Waals surface area contributed by atoms with Gasteiger partial charge in [0.1, 0.15) is 4.33 Å². The SMILES string of the molecule is ClC1(Cl)CC1C(Sc1ccccn1)c1ccccc1. The highest BCUT2D eigenvalue weighted by molar-refractivity contribution is 7.99. The van der Waals surface area contributed by atoms with Crippen molar-refractivity contribution >= 4 is 35.0 Å². The van der Waals surface area contributed by atoms with Crippen LogP contribution in [0.1, 0.15) is 17.2 Å². The quantitative estimate of drug-likeness (QED) is 0.575. The molecular weight excluding hydrogens is 297 g/mol. The molecule has 1 aromatic carbocycles. The van der Waals surface area contributed by atoms with E-state index in [1.54, 1.807) is 11.8 Å². The lowest BCUT2D eigenvalue weighted by Crippen LogP contribution is -2.02. The van der Waals surface area contributed by atoms with Crippen molar-refractivity contribution in [1.29, 1.82) is 0 Å². The molecule has 4 heteroatoms.